The molecule has 3 aliphatic rings. The highest BCUT2D eigenvalue weighted by Gasteiger charge is 2.53. The predicted octanol–water partition coefficient (Wildman–Crippen LogP) is 2.72. The minimum Gasteiger partial charge on any atom is -0.459 e. The van der Waals surface area contributed by atoms with Crippen molar-refractivity contribution in [2.24, 2.45) is 0 Å². The molecule has 51 heavy (non-hydrogen) atoms. The molecule has 11 unspecified atom stereocenters. The summed E-state index contributed by atoms with van der Waals surface area (Å²) in [6.45, 7) is 0.678. The van der Waals surface area contributed by atoms with Crippen LogP contribution in [-0.4, -0.2) is 107 Å². The molecular weight excluding hydrogens is 713 g/mol. The van der Waals surface area contributed by atoms with Crippen LogP contribution >= 0.6 is 23.2 Å². The number of nitrogens with one attached hydrogen (secondary N) is 1. The molecule has 3 aliphatic heterocycles. The van der Waals surface area contributed by atoms with Gasteiger partial charge in [0.1, 0.15) is 55.4 Å². The molecule has 0 aromatic heterocycles. The lowest BCUT2D eigenvalue weighted by Crippen LogP contribution is -2.66. The molecule has 0 radical (unpaired) electrons. The van der Waals surface area contributed by atoms with Crippen LogP contribution in [0.25, 0.3) is 0 Å². The summed E-state index contributed by atoms with van der Waals surface area (Å²) in [5, 5.41) is 48.1. The van der Waals surface area contributed by atoms with Gasteiger partial charge in [-0.3, -0.25) is 4.79 Å². The Hall–Kier alpha value is -3.22. The van der Waals surface area contributed by atoms with Crippen LogP contribution in [0.1, 0.15) is 34.7 Å². The zero-order valence-electron chi connectivity index (χ0n) is 27.1. The van der Waals surface area contributed by atoms with Gasteiger partial charge in [-0.2, -0.15) is 0 Å². The van der Waals surface area contributed by atoms with Crippen LogP contribution in [-0.2, 0) is 44.6 Å². The zero-order valence-corrected chi connectivity index (χ0v) is 28.6. The van der Waals surface area contributed by atoms with Gasteiger partial charge < -0.3 is 58.9 Å². The Balaban J connectivity index is 1.15. The van der Waals surface area contributed by atoms with Gasteiger partial charge >= 0.3 is 5.97 Å². The summed E-state index contributed by atoms with van der Waals surface area (Å²) < 4.78 is 41.0. The number of anilines is 1. The molecule has 3 saturated heterocycles. The van der Waals surface area contributed by atoms with Crippen molar-refractivity contribution in [2.45, 2.75) is 81.2 Å². The maximum atomic E-state index is 12.8. The third-order valence-corrected chi connectivity index (χ3v) is 9.13. The van der Waals surface area contributed by atoms with Crippen molar-refractivity contribution in [3.05, 3.63) is 99.5 Å². The molecule has 14 nitrogen and oxygen atoms in total. The minimum absolute atomic E-state index is 0.0453. The number of amides is 1. The van der Waals surface area contributed by atoms with Crippen LogP contribution in [0.4, 0.5) is 5.69 Å². The highest BCUT2D eigenvalue weighted by Crippen LogP contribution is 2.36. The maximum absolute atomic E-state index is 12.8. The second-order valence-electron chi connectivity index (χ2n) is 12.2. The fourth-order valence-electron chi connectivity index (χ4n) is 5.92. The summed E-state index contributed by atoms with van der Waals surface area (Å²) >= 11 is 12.2. The number of halogens is 2. The standard InChI is InChI=1S/C35H37Cl2NO13/c1-17(39)38-23-13-18(7-12-22(23)37)14-46-34-28(42)26(40)31(24(48-34)15-45-32(44)19-5-3-2-4-6-19)51-35-29(43)27(41)30-25(49-35)16-47-33(50-30)20-8-10-21(36)11-9-20/h2-13,24-31,33-35,40-43H,14-16H2,1H3,(H,38,39). The van der Waals surface area contributed by atoms with E-state index in [2.05, 4.69) is 5.32 Å². The molecule has 274 valence electrons. The first-order valence-electron chi connectivity index (χ1n) is 16.1. The van der Waals surface area contributed by atoms with E-state index in [1.807, 2.05) is 0 Å². The van der Waals surface area contributed by atoms with Crippen molar-refractivity contribution in [2.75, 3.05) is 18.5 Å². The van der Waals surface area contributed by atoms with Gasteiger partial charge in [0.15, 0.2) is 18.9 Å². The van der Waals surface area contributed by atoms with Crippen LogP contribution in [0.2, 0.25) is 10.0 Å². The Kier molecular flexibility index (Phi) is 12.2. The molecular formula is C35H37Cl2NO13. The lowest BCUT2D eigenvalue weighted by Gasteiger charge is -2.48. The summed E-state index contributed by atoms with van der Waals surface area (Å²) in [6, 6.07) is 19.7. The van der Waals surface area contributed by atoms with Crippen LogP contribution < -0.4 is 5.32 Å². The molecule has 3 aromatic carbocycles. The molecule has 16 heteroatoms. The van der Waals surface area contributed by atoms with Gasteiger partial charge in [-0.1, -0.05) is 59.6 Å². The lowest BCUT2D eigenvalue weighted by molar-refractivity contribution is -0.386. The number of carbonyl (C=O) groups excluding carboxylic acids is 2. The molecule has 0 saturated carbocycles. The Morgan fingerprint density at radius 3 is 2.31 bits per heavy atom. The summed E-state index contributed by atoms with van der Waals surface area (Å²) in [5.41, 5.74) is 1.80. The second kappa shape index (κ2) is 16.6. The van der Waals surface area contributed by atoms with Crippen LogP contribution in [0.3, 0.4) is 0 Å². The number of benzene rings is 3. The molecule has 11 atom stereocenters. The number of aliphatic hydroxyl groups is 4. The first-order chi connectivity index (χ1) is 24.5. The number of rotatable bonds is 10. The van der Waals surface area contributed by atoms with Crippen molar-refractivity contribution in [1.82, 2.24) is 0 Å². The normalized spacial score (nSPS) is 32.1. The summed E-state index contributed by atoms with van der Waals surface area (Å²) in [5.74, 6) is -1.02. The number of fused-ring (bicyclic) bond motifs is 1. The predicted molar refractivity (Wildman–Crippen MR) is 179 cm³/mol. The topological polar surface area (TPSA) is 192 Å². The van der Waals surface area contributed by atoms with Gasteiger partial charge in [0.25, 0.3) is 0 Å². The number of hydrogen-bond acceptors (Lipinski definition) is 13. The first-order valence-corrected chi connectivity index (χ1v) is 16.8. The summed E-state index contributed by atoms with van der Waals surface area (Å²) in [7, 11) is 0. The van der Waals surface area contributed by atoms with E-state index in [1.54, 1.807) is 72.8 Å². The Bertz CT molecular complexity index is 1650. The molecule has 6 rings (SSSR count). The zero-order chi connectivity index (χ0) is 36.2. The van der Waals surface area contributed by atoms with Crippen molar-refractivity contribution in [3.8, 4) is 0 Å². The van der Waals surface area contributed by atoms with E-state index in [1.165, 1.54) is 6.92 Å². The van der Waals surface area contributed by atoms with Crippen molar-refractivity contribution < 1.29 is 63.2 Å². The van der Waals surface area contributed by atoms with Crippen molar-refractivity contribution >= 4 is 40.8 Å². The van der Waals surface area contributed by atoms with E-state index in [0.717, 1.165) is 0 Å². The second-order valence-corrected chi connectivity index (χ2v) is 13.1. The number of hydrogen-bond donors (Lipinski definition) is 5. The third kappa shape index (κ3) is 8.88. The number of carbonyl (C=O) groups is 2. The first kappa shape index (κ1) is 37.5. The van der Waals surface area contributed by atoms with E-state index >= 15 is 0 Å². The lowest BCUT2D eigenvalue weighted by atomic mass is 9.96. The van der Waals surface area contributed by atoms with Gasteiger partial charge in [0, 0.05) is 17.5 Å². The van der Waals surface area contributed by atoms with Gasteiger partial charge in [0.2, 0.25) is 5.91 Å². The Morgan fingerprint density at radius 2 is 1.59 bits per heavy atom. The number of ether oxygens (including phenoxy) is 7. The highest BCUT2D eigenvalue weighted by molar-refractivity contribution is 6.33. The molecule has 3 fully saturated rings. The number of esters is 1. The van der Waals surface area contributed by atoms with Gasteiger partial charge in [-0.05, 0) is 42.0 Å². The van der Waals surface area contributed by atoms with Gasteiger partial charge in [0.05, 0.1) is 29.5 Å². The molecule has 3 aromatic rings. The van der Waals surface area contributed by atoms with E-state index in [0.29, 0.717) is 26.9 Å². The van der Waals surface area contributed by atoms with Crippen molar-refractivity contribution in [3.63, 3.8) is 0 Å². The molecule has 0 aliphatic carbocycles. The molecule has 0 bridgehead atoms. The van der Waals surface area contributed by atoms with Gasteiger partial charge in [-0.25, -0.2) is 4.79 Å². The van der Waals surface area contributed by atoms with Gasteiger partial charge in [-0.15, -0.1) is 0 Å². The molecule has 0 spiro atoms. The average molecular weight is 751 g/mol. The summed E-state index contributed by atoms with van der Waals surface area (Å²) in [6.07, 6.45) is -15.1. The Morgan fingerprint density at radius 1 is 0.863 bits per heavy atom. The third-order valence-electron chi connectivity index (χ3n) is 8.55. The number of aliphatic hydroxyl groups excluding tert-OH is 4. The minimum atomic E-state index is -1.72. The van der Waals surface area contributed by atoms with Crippen LogP contribution in [0.15, 0.2) is 72.8 Å². The fraction of sp³-hybridized carbons (Fsp3) is 0.429. The molecule has 3 heterocycles. The Labute approximate surface area is 302 Å². The summed E-state index contributed by atoms with van der Waals surface area (Å²) in [4.78, 5) is 24.4. The quantitative estimate of drug-likeness (QED) is 0.190. The van der Waals surface area contributed by atoms with E-state index in [4.69, 9.17) is 56.4 Å². The van der Waals surface area contributed by atoms with Crippen LogP contribution in [0.5, 0.6) is 0 Å². The largest absolute Gasteiger partial charge is 0.459 e. The molecule has 1 amide bonds. The fourth-order valence-corrected chi connectivity index (χ4v) is 6.21. The molecule has 5 N–H and O–H groups in total. The van der Waals surface area contributed by atoms with E-state index in [-0.39, 0.29) is 24.7 Å². The monoisotopic (exact) mass is 749 g/mol. The van der Waals surface area contributed by atoms with E-state index < -0.39 is 80.3 Å². The maximum Gasteiger partial charge on any atom is 0.338 e. The van der Waals surface area contributed by atoms with E-state index in [9.17, 15) is 30.0 Å². The van der Waals surface area contributed by atoms with Crippen LogP contribution in [0, 0.1) is 0 Å². The SMILES string of the molecule is CC(=O)Nc1cc(COC2OC(COC(=O)c3ccccc3)C(OC3OC4COC(c5ccc(Cl)cc5)OC4C(O)C3O)C(O)C2O)ccc1Cl. The van der Waals surface area contributed by atoms with Crippen molar-refractivity contribution in [1.29, 1.82) is 0 Å². The average Bonchev–Trinajstić information content (AvgIpc) is 3.13. The highest BCUT2D eigenvalue weighted by atomic mass is 35.5. The smallest absolute Gasteiger partial charge is 0.338 e.